The van der Waals surface area contributed by atoms with Crippen molar-refractivity contribution in [3.8, 4) is 16.2 Å². The van der Waals surface area contributed by atoms with Gasteiger partial charge in [-0.25, -0.2) is 4.79 Å². The van der Waals surface area contributed by atoms with Gasteiger partial charge in [-0.15, -0.1) is 11.3 Å². The van der Waals surface area contributed by atoms with Crippen molar-refractivity contribution in [3.05, 3.63) is 36.4 Å². The summed E-state index contributed by atoms with van der Waals surface area (Å²) in [5, 5.41) is 9.93. The molecule has 1 aliphatic heterocycles. The number of ether oxygens (including phenoxy) is 2. The zero-order chi connectivity index (χ0) is 21.8. The third kappa shape index (κ3) is 5.10. The number of benzene rings is 1. The Labute approximate surface area is 186 Å². The van der Waals surface area contributed by atoms with E-state index in [1.807, 2.05) is 35.2 Å². The molecule has 166 valence electrons. The summed E-state index contributed by atoms with van der Waals surface area (Å²) in [5.74, 6) is 0.952. The van der Waals surface area contributed by atoms with E-state index < -0.39 is 6.16 Å². The fraction of sp³-hybridized carbons (Fsp3) is 0.500. The molecule has 6 nitrogen and oxygen atoms in total. The van der Waals surface area contributed by atoms with E-state index in [4.69, 9.17) is 9.47 Å². The average Bonchev–Trinajstić information content (AvgIpc) is 3.18. The van der Waals surface area contributed by atoms with Crippen LogP contribution >= 0.6 is 11.3 Å². The highest BCUT2D eigenvalue weighted by Crippen LogP contribution is 2.46. The third-order valence-electron chi connectivity index (χ3n) is 6.31. The molecule has 0 bridgehead atoms. The normalized spacial score (nSPS) is 22.1. The summed E-state index contributed by atoms with van der Waals surface area (Å²) in [6.45, 7) is 3.44. The van der Waals surface area contributed by atoms with Gasteiger partial charge in [-0.2, -0.15) is 0 Å². The van der Waals surface area contributed by atoms with Crippen molar-refractivity contribution < 1.29 is 24.2 Å². The molecule has 1 N–H and O–H groups in total. The van der Waals surface area contributed by atoms with Gasteiger partial charge >= 0.3 is 6.16 Å². The zero-order valence-electron chi connectivity index (χ0n) is 17.8. The molecule has 1 aliphatic carbocycles. The fourth-order valence-electron chi connectivity index (χ4n) is 4.54. The van der Waals surface area contributed by atoms with Crippen LogP contribution in [0.25, 0.3) is 10.4 Å². The van der Waals surface area contributed by atoms with Crippen LogP contribution in [0.1, 0.15) is 45.4 Å². The maximum absolute atomic E-state index is 13.8. The molecular weight excluding hydrogens is 414 g/mol. The number of carbonyl (C=O) groups excluding carboxylic acids is 1. The third-order valence-corrected chi connectivity index (χ3v) is 7.48. The van der Waals surface area contributed by atoms with Crippen LogP contribution < -0.4 is 9.64 Å². The fourth-order valence-corrected chi connectivity index (χ4v) is 5.70. The molecule has 4 rings (SSSR count). The molecule has 2 fully saturated rings. The molecule has 1 saturated carbocycles. The number of anilines is 1. The van der Waals surface area contributed by atoms with E-state index in [1.54, 1.807) is 6.07 Å². The maximum Gasteiger partial charge on any atom is 0.511 e. The summed E-state index contributed by atoms with van der Waals surface area (Å²) >= 11 is 1.43. The Bertz CT molecular complexity index is 898. The van der Waals surface area contributed by atoms with Crippen LogP contribution in [-0.4, -0.2) is 36.4 Å². The molecule has 1 saturated heterocycles. The molecule has 0 spiro atoms. The quantitative estimate of drug-likeness (QED) is 0.590. The molecule has 0 unspecified atom stereocenters. The first kappa shape index (κ1) is 21.8. The van der Waals surface area contributed by atoms with Crippen molar-refractivity contribution in [3.63, 3.8) is 0 Å². The second kappa shape index (κ2) is 9.83. The number of hydrogen-bond donors (Lipinski definition) is 1. The van der Waals surface area contributed by atoms with Gasteiger partial charge in [-0.05, 0) is 50.0 Å². The van der Waals surface area contributed by atoms with E-state index in [0.29, 0.717) is 24.1 Å². The van der Waals surface area contributed by atoms with Crippen LogP contribution in [-0.2, 0) is 9.53 Å². The summed E-state index contributed by atoms with van der Waals surface area (Å²) in [6.07, 6.45) is 3.97. The smallest absolute Gasteiger partial charge is 0.449 e. The van der Waals surface area contributed by atoms with Crippen molar-refractivity contribution in [1.29, 1.82) is 0 Å². The Balaban J connectivity index is 1.73. The van der Waals surface area contributed by atoms with Crippen LogP contribution in [0, 0.1) is 11.8 Å². The topological polar surface area (TPSA) is 76.1 Å². The second-order valence-corrected chi connectivity index (χ2v) is 9.55. The van der Waals surface area contributed by atoms with Crippen molar-refractivity contribution in [2.75, 3.05) is 18.1 Å². The molecule has 1 amide bonds. The predicted molar refractivity (Wildman–Crippen MR) is 121 cm³/mol. The van der Waals surface area contributed by atoms with Crippen molar-refractivity contribution in [2.24, 2.45) is 11.8 Å². The summed E-state index contributed by atoms with van der Waals surface area (Å²) < 4.78 is 10.7. The first-order chi connectivity index (χ1) is 15.0. The summed E-state index contributed by atoms with van der Waals surface area (Å²) in [4.78, 5) is 27.9. The molecule has 1 aromatic carbocycles. The van der Waals surface area contributed by atoms with E-state index >= 15 is 0 Å². The summed E-state index contributed by atoms with van der Waals surface area (Å²) in [5.41, 5.74) is 0.972. The lowest BCUT2D eigenvalue weighted by molar-refractivity contribution is -0.124. The lowest BCUT2D eigenvalue weighted by Crippen LogP contribution is -2.46. The molecule has 7 heteroatoms. The monoisotopic (exact) mass is 443 g/mol. The number of amides is 1. The Morgan fingerprint density at radius 3 is 2.39 bits per heavy atom. The molecular formula is C24H29NO5S. The largest absolute Gasteiger partial charge is 0.511 e. The van der Waals surface area contributed by atoms with E-state index in [-0.39, 0.29) is 23.6 Å². The SMILES string of the molecule is CC1CCC(C(=O)N(c2sc(-c3ccccc3)cc2OC(=O)O)C2CCOCC2)CC1. The highest BCUT2D eigenvalue weighted by molar-refractivity contribution is 7.20. The average molecular weight is 444 g/mol. The van der Waals surface area contributed by atoms with Gasteiger partial charge in [0.2, 0.25) is 5.91 Å². The van der Waals surface area contributed by atoms with E-state index in [0.717, 1.165) is 49.0 Å². The second-order valence-electron chi connectivity index (χ2n) is 8.52. The highest BCUT2D eigenvalue weighted by atomic mass is 32.1. The number of hydrogen-bond acceptors (Lipinski definition) is 5. The molecule has 0 atom stereocenters. The summed E-state index contributed by atoms with van der Waals surface area (Å²) in [6, 6.07) is 11.5. The van der Waals surface area contributed by atoms with Gasteiger partial charge in [0, 0.05) is 36.1 Å². The number of thiophene rings is 1. The Morgan fingerprint density at radius 2 is 1.74 bits per heavy atom. The minimum Gasteiger partial charge on any atom is -0.449 e. The number of rotatable bonds is 5. The van der Waals surface area contributed by atoms with Gasteiger partial charge in [-0.3, -0.25) is 9.69 Å². The van der Waals surface area contributed by atoms with Crippen LogP contribution in [0.4, 0.5) is 9.80 Å². The van der Waals surface area contributed by atoms with Gasteiger partial charge in [0.05, 0.1) is 0 Å². The molecule has 2 aliphatic rings. The van der Waals surface area contributed by atoms with Crippen molar-refractivity contribution >= 4 is 28.4 Å². The van der Waals surface area contributed by atoms with Crippen LogP contribution in [0.2, 0.25) is 0 Å². The van der Waals surface area contributed by atoms with Crippen molar-refractivity contribution in [2.45, 2.75) is 51.5 Å². The van der Waals surface area contributed by atoms with Crippen molar-refractivity contribution in [1.82, 2.24) is 0 Å². The van der Waals surface area contributed by atoms with E-state index in [2.05, 4.69) is 6.92 Å². The van der Waals surface area contributed by atoms with Gasteiger partial charge in [0.15, 0.2) is 5.75 Å². The van der Waals surface area contributed by atoms with Gasteiger partial charge in [-0.1, -0.05) is 37.3 Å². The molecule has 2 aromatic rings. The molecule has 2 heterocycles. The number of nitrogens with zero attached hydrogens (tertiary/aromatic N) is 1. The van der Waals surface area contributed by atoms with Crippen LogP contribution in [0.3, 0.4) is 0 Å². The van der Waals surface area contributed by atoms with Crippen LogP contribution in [0.5, 0.6) is 5.75 Å². The first-order valence-corrected chi connectivity index (χ1v) is 11.9. The Morgan fingerprint density at radius 1 is 1.06 bits per heavy atom. The lowest BCUT2D eigenvalue weighted by atomic mass is 9.82. The van der Waals surface area contributed by atoms with E-state index in [1.165, 1.54) is 11.3 Å². The Kier molecular flexibility index (Phi) is 6.92. The standard InChI is InChI=1S/C24H29NO5S/c1-16-7-9-18(10-8-16)22(26)25(19-11-13-29-14-12-19)23-20(30-24(27)28)15-21(31-23)17-5-3-2-4-6-17/h2-6,15-16,18-19H,7-14H2,1H3,(H,27,28). The highest BCUT2D eigenvalue weighted by Gasteiger charge is 2.36. The Hall–Kier alpha value is -2.38. The van der Waals surface area contributed by atoms with Gasteiger partial charge in [0.1, 0.15) is 5.00 Å². The minimum atomic E-state index is -1.37. The zero-order valence-corrected chi connectivity index (χ0v) is 18.6. The number of carbonyl (C=O) groups is 2. The lowest BCUT2D eigenvalue weighted by Gasteiger charge is -2.37. The molecule has 31 heavy (non-hydrogen) atoms. The van der Waals surface area contributed by atoms with Crippen LogP contribution in [0.15, 0.2) is 36.4 Å². The summed E-state index contributed by atoms with van der Waals surface area (Å²) in [7, 11) is 0. The van der Waals surface area contributed by atoms with Gasteiger partial charge in [0.25, 0.3) is 0 Å². The van der Waals surface area contributed by atoms with E-state index in [9.17, 15) is 14.7 Å². The molecule has 0 radical (unpaired) electrons. The van der Waals surface area contributed by atoms with Gasteiger partial charge < -0.3 is 14.6 Å². The molecule has 1 aromatic heterocycles. The minimum absolute atomic E-state index is 0.0148. The number of carboxylic acid groups (broad SMARTS) is 1. The first-order valence-electron chi connectivity index (χ1n) is 11.0. The predicted octanol–water partition coefficient (Wildman–Crippen LogP) is 5.81. The maximum atomic E-state index is 13.8.